The molecule has 7 nitrogen and oxygen atoms in total. The summed E-state index contributed by atoms with van der Waals surface area (Å²) in [5, 5.41) is 4.26. The minimum Gasteiger partial charge on any atom is -0.455 e. The number of nitrogens with zero attached hydrogens (tertiary/aromatic N) is 3. The van der Waals surface area contributed by atoms with Gasteiger partial charge in [-0.25, -0.2) is 9.69 Å². The second-order valence-electron chi connectivity index (χ2n) is 5.87. The van der Waals surface area contributed by atoms with Crippen LogP contribution in [0.2, 0.25) is 14.4 Å². The molecule has 0 saturated carbocycles. The van der Waals surface area contributed by atoms with Gasteiger partial charge in [-0.3, -0.25) is 9.59 Å². The molecule has 4 rings (SSSR count). The average molecular weight is 469 g/mol. The van der Waals surface area contributed by atoms with Crippen LogP contribution in [0.5, 0.6) is 0 Å². The van der Waals surface area contributed by atoms with Gasteiger partial charge in [0.05, 0.1) is 32.4 Å². The molecule has 0 spiro atoms. The Morgan fingerprint density at radius 1 is 1.00 bits per heavy atom. The molecule has 0 aliphatic carbocycles. The molecule has 11 heteroatoms. The molecule has 0 saturated heterocycles. The number of esters is 1. The molecule has 0 atom stereocenters. The molecule has 0 bridgehead atoms. The second-order valence-corrected chi connectivity index (χ2v) is 8.04. The van der Waals surface area contributed by atoms with Crippen molar-refractivity contribution in [3.05, 3.63) is 73.2 Å². The van der Waals surface area contributed by atoms with Gasteiger partial charge in [-0.2, -0.15) is 0 Å². The zero-order valence-electron chi connectivity index (χ0n) is 14.2. The highest BCUT2D eigenvalue weighted by atomic mass is 35.5. The van der Waals surface area contributed by atoms with Crippen LogP contribution < -0.4 is 4.90 Å². The van der Waals surface area contributed by atoms with E-state index in [2.05, 4.69) is 9.59 Å². The van der Waals surface area contributed by atoms with E-state index in [1.807, 2.05) is 0 Å². The lowest BCUT2D eigenvalue weighted by atomic mass is 10.1. The predicted molar refractivity (Wildman–Crippen MR) is 108 cm³/mol. The third kappa shape index (κ3) is 3.60. The maximum Gasteiger partial charge on any atom is 0.338 e. The lowest BCUT2D eigenvalue weighted by molar-refractivity contribution is 0.0467. The fraction of sp³-hybridized carbons (Fsp3) is 0.0556. The van der Waals surface area contributed by atoms with Crippen LogP contribution in [0.3, 0.4) is 0 Å². The third-order valence-electron chi connectivity index (χ3n) is 4.13. The quantitative estimate of drug-likeness (QED) is 0.409. The number of amides is 2. The van der Waals surface area contributed by atoms with Crippen molar-refractivity contribution in [2.24, 2.45) is 0 Å². The van der Waals surface area contributed by atoms with Crippen molar-refractivity contribution >= 4 is 69.8 Å². The van der Waals surface area contributed by atoms with Gasteiger partial charge >= 0.3 is 5.97 Å². The summed E-state index contributed by atoms with van der Waals surface area (Å²) >= 11 is 18.7. The molecule has 0 radical (unpaired) electrons. The van der Waals surface area contributed by atoms with Crippen LogP contribution in [-0.4, -0.2) is 27.4 Å². The van der Waals surface area contributed by atoms with E-state index >= 15 is 0 Å². The molecule has 1 aliphatic rings. The molecule has 0 unspecified atom stereocenters. The number of aromatic nitrogens is 2. The summed E-state index contributed by atoms with van der Waals surface area (Å²) in [6, 6.07) is 8.55. The van der Waals surface area contributed by atoms with Gasteiger partial charge in [-0.1, -0.05) is 39.3 Å². The van der Waals surface area contributed by atoms with E-state index in [4.69, 9.17) is 39.5 Å². The molecule has 2 aromatic carbocycles. The van der Waals surface area contributed by atoms with Crippen molar-refractivity contribution in [3.8, 4) is 0 Å². The van der Waals surface area contributed by atoms with Gasteiger partial charge in [0.2, 0.25) is 0 Å². The molecule has 0 fully saturated rings. The van der Waals surface area contributed by atoms with Crippen LogP contribution in [0.1, 0.15) is 36.8 Å². The topological polar surface area (TPSA) is 89.5 Å². The number of rotatable bonds is 4. The molecule has 1 aliphatic heterocycles. The number of fused-ring (bicyclic) bond motifs is 1. The SMILES string of the molecule is O=C(OCc1nnsc1Cl)c1ccc2c(c1)C(=O)N(c1ccc(Cl)c(Cl)c1)C2=O. The van der Waals surface area contributed by atoms with Gasteiger partial charge in [0, 0.05) is 11.5 Å². The van der Waals surface area contributed by atoms with Crippen molar-refractivity contribution in [1.29, 1.82) is 0 Å². The summed E-state index contributed by atoms with van der Waals surface area (Å²) in [4.78, 5) is 38.8. The van der Waals surface area contributed by atoms with Crippen LogP contribution in [0, 0.1) is 0 Å². The van der Waals surface area contributed by atoms with Crippen molar-refractivity contribution in [3.63, 3.8) is 0 Å². The Kier molecular flexibility index (Phi) is 5.26. The molecule has 146 valence electrons. The highest BCUT2D eigenvalue weighted by Crippen LogP contribution is 2.33. The summed E-state index contributed by atoms with van der Waals surface area (Å²) in [5.74, 6) is -1.79. The summed E-state index contributed by atoms with van der Waals surface area (Å²) in [6.07, 6.45) is 0. The highest BCUT2D eigenvalue weighted by molar-refractivity contribution is 7.10. The van der Waals surface area contributed by atoms with E-state index in [1.54, 1.807) is 0 Å². The van der Waals surface area contributed by atoms with E-state index in [9.17, 15) is 14.4 Å². The third-order valence-corrected chi connectivity index (χ3v) is 5.86. The van der Waals surface area contributed by atoms with E-state index in [0.29, 0.717) is 15.1 Å². The number of imide groups is 1. The van der Waals surface area contributed by atoms with Crippen molar-refractivity contribution in [2.45, 2.75) is 6.61 Å². The first kappa shape index (κ1) is 19.8. The first-order chi connectivity index (χ1) is 13.9. The Morgan fingerprint density at radius 3 is 2.45 bits per heavy atom. The molecule has 3 aromatic rings. The van der Waals surface area contributed by atoms with Crippen molar-refractivity contribution in [1.82, 2.24) is 9.59 Å². The molecule has 1 aromatic heterocycles. The molecule has 2 amide bonds. The smallest absolute Gasteiger partial charge is 0.338 e. The van der Waals surface area contributed by atoms with Crippen LogP contribution in [-0.2, 0) is 11.3 Å². The summed E-state index contributed by atoms with van der Waals surface area (Å²) in [6.45, 7) is -0.159. The monoisotopic (exact) mass is 467 g/mol. The minimum absolute atomic E-state index is 0.0869. The molecule has 2 heterocycles. The van der Waals surface area contributed by atoms with Crippen LogP contribution in [0.4, 0.5) is 5.69 Å². The Bertz CT molecular complexity index is 1180. The second kappa shape index (κ2) is 7.72. The van der Waals surface area contributed by atoms with Gasteiger partial charge in [0.25, 0.3) is 11.8 Å². The van der Waals surface area contributed by atoms with E-state index < -0.39 is 17.8 Å². The number of hydrogen-bond donors (Lipinski definition) is 0. The Hall–Kier alpha value is -2.52. The van der Waals surface area contributed by atoms with Crippen LogP contribution in [0.15, 0.2) is 36.4 Å². The van der Waals surface area contributed by atoms with E-state index in [0.717, 1.165) is 16.4 Å². The zero-order valence-corrected chi connectivity index (χ0v) is 17.3. The van der Waals surface area contributed by atoms with Crippen LogP contribution >= 0.6 is 46.3 Å². The normalized spacial score (nSPS) is 13.0. The zero-order chi connectivity index (χ0) is 20.7. The first-order valence-corrected chi connectivity index (χ1v) is 9.89. The predicted octanol–water partition coefficient (Wildman–Crippen LogP) is 4.66. The lowest BCUT2D eigenvalue weighted by Crippen LogP contribution is -2.29. The summed E-state index contributed by atoms with van der Waals surface area (Å²) < 4.78 is 9.13. The maximum absolute atomic E-state index is 12.8. The van der Waals surface area contributed by atoms with E-state index in [1.165, 1.54) is 36.4 Å². The standard InChI is InChI=1S/C18H8Cl3N3O4S/c19-12-4-2-9(6-13(12)20)24-16(25)10-3-1-8(5-11(10)17(24)26)18(27)28-7-14-15(21)29-23-22-14/h1-6H,7H2. The molecule has 29 heavy (non-hydrogen) atoms. The van der Waals surface area contributed by atoms with Gasteiger partial charge in [-0.15, -0.1) is 5.10 Å². The molecular weight excluding hydrogens is 461 g/mol. The number of carbonyl (C=O) groups is 3. The number of ether oxygens (including phenoxy) is 1. The number of benzene rings is 2. The van der Waals surface area contributed by atoms with E-state index in [-0.39, 0.29) is 34.0 Å². The maximum atomic E-state index is 12.8. The largest absolute Gasteiger partial charge is 0.455 e. The van der Waals surface area contributed by atoms with Gasteiger partial charge < -0.3 is 4.74 Å². The number of carbonyl (C=O) groups excluding carboxylic acids is 3. The first-order valence-electron chi connectivity index (χ1n) is 7.98. The fourth-order valence-electron chi connectivity index (χ4n) is 2.73. The Labute approximate surface area is 182 Å². The van der Waals surface area contributed by atoms with Gasteiger partial charge in [0.1, 0.15) is 16.6 Å². The number of hydrogen-bond acceptors (Lipinski definition) is 7. The minimum atomic E-state index is -0.690. The summed E-state index contributed by atoms with van der Waals surface area (Å²) in [5.41, 5.74) is 0.983. The molecular formula is C18H8Cl3N3O4S. The lowest BCUT2D eigenvalue weighted by Gasteiger charge is -2.14. The Morgan fingerprint density at radius 2 is 1.76 bits per heavy atom. The molecule has 0 N–H and O–H groups in total. The average Bonchev–Trinajstić information content (AvgIpc) is 3.23. The van der Waals surface area contributed by atoms with Crippen molar-refractivity contribution in [2.75, 3.05) is 4.90 Å². The number of anilines is 1. The van der Waals surface area contributed by atoms with Crippen molar-refractivity contribution < 1.29 is 19.1 Å². The fourth-order valence-corrected chi connectivity index (χ4v) is 3.62. The highest BCUT2D eigenvalue weighted by Gasteiger charge is 2.37. The van der Waals surface area contributed by atoms with Crippen LogP contribution in [0.25, 0.3) is 0 Å². The van der Waals surface area contributed by atoms with Gasteiger partial charge in [-0.05, 0) is 36.4 Å². The van der Waals surface area contributed by atoms with Gasteiger partial charge in [0.15, 0.2) is 0 Å². The number of halogens is 3. The Balaban J connectivity index is 1.58. The summed E-state index contributed by atoms with van der Waals surface area (Å²) in [7, 11) is 0.